The quantitative estimate of drug-likeness (QED) is 0.210. The van der Waals surface area contributed by atoms with Crippen LogP contribution in [0.2, 0.25) is 0 Å². The van der Waals surface area contributed by atoms with Crippen LogP contribution >= 0.6 is 14.5 Å². The fourth-order valence-electron chi connectivity index (χ4n) is 3.81. The van der Waals surface area contributed by atoms with Gasteiger partial charge in [0.15, 0.2) is 0 Å². The SMILES string of the molecule is N#CCC[P+](CCC#N)(CCC#N)CCC[P+](CCC#N)(CCC#N)CCC#N.[Br-].[Br-]. The van der Waals surface area contributed by atoms with Gasteiger partial charge in [0.2, 0.25) is 0 Å². The molecule has 0 saturated heterocycles. The minimum atomic E-state index is -1.55. The third-order valence-electron chi connectivity index (χ3n) is 5.45. The fourth-order valence-corrected chi connectivity index (χ4v) is 11.8. The van der Waals surface area contributed by atoms with Crippen molar-refractivity contribution >= 4 is 14.5 Å². The summed E-state index contributed by atoms with van der Waals surface area (Å²) in [7, 11) is -3.11. The summed E-state index contributed by atoms with van der Waals surface area (Å²) in [5.74, 6) is 0. The Balaban J connectivity index is -0.00000392. The summed E-state index contributed by atoms with van der Waals surface area (Å²) in [6.07, 6.45) is 10.4. The molecule has 6 nitrogen and oxygen atoms in total. The van der Waals surface area contributed by atoms with Gasteiger partial charge in [-0.15, -0.1) is 0 Å². The molecule has 0 heterocycles. The molecular weight excluding hydrogens is 558 g/mol. The van der Waals surface area contributed by atoms with Crippen LogP contribution in [0.5, 0.6) is 0 Å². The number of hydrogen-bond donors (Lipinski definition) is 0. The zero-order valence-corrected chi connectivity index (χ0v) is 22.9. The monoisotopic (exact) mass is 586 g/mol. The smallest absolute Gasteiger partial charge is 0.0725 e. The number of rotatable bonds is 16. The minimum Gasteiger partial charge on any atom is -1.00 e. The topological polar surface area (TPSA) is 143 Å². The second-order valence-corrected chi connectivity index (χ2v) is 16.2. The summed E-state index contributed by atoms with van der Waals surface area (Å²) in [6.45, 7) is 0. The van der Waals surface area contributed by atoms with Gasteiger partial charge in [0.25, 0.3) is 0 Å². The van der Waals surface area contributed by atoms with Crippen LogP contribution in [-0.4, -0.2) is 49.3 Å². The molecule has 0 radical (unpaired) electrons. The maximum Gasteiger partial charge on any atom is 0.0725 e. The van der Waals surface area contributed by atoms with Gasteiger partial charge < -0.3 is 34.0 Å². The number of nitrogens with zero attached hydrogens (tertiary/aromatic N) is 6. The highest BCUT2D eigenvalue weighted by molar-refractivity contribution is 7.76. The molecule has 0 rings (SSSR count). The maximum absolute atomic E-state index is 9.08. The average molecular weight is 588 g/mol. The summed E-state index contributed by atoms with van der Waals surface area (Å²) in [6, 6.07) is 13.4. The van der Waals surface area contributed by atoms with Gasteiger partial charge in [-0.3, -0.25) is 0 Å². The Hall–Kier alpha value is -1.24. The van der Waals surface area contributed by atoms with Crippen LogP contribution in [0.3, 0.4) is 0 Å². The summed E-state index contributed by atoms with van der Waals surface area (Å²) < 4.78 is 0. The van der Waals surface area contributed by atoms with E-state index in [-0.39, 0.29) is 34.0 Å². The van der Waals surface area contributed by atoms with E-state index in [0.717, 1.165) is 55.7 Å². The fraction of sp³-hybridized carbons (Fsp3) is 0.714. The Morgan fingerprint density at radius 3 is 0.710 bits per heavy atom. The summed E-state index contributed by atoms with van der Waals surface area (Å²) in [5.41, 5.74) is 0. The van der Waals surface area contributed by atoms with Gasteiger partial charge in [-0.05, 0) is 0 Å². The highest BCUT2D eigenvalue weighted by Crippen LogP contribution is 2.64. The molecule has 0 saturated carbocycles. The predicted octanol–water partition coefficient (Wildman–Crippen LogP) is -1.10. The Labute approximate surface area is 210 Å². The van der Waals surface area contributed by atoms with Crippen molar-refractivity contribution in [1.82, 2.24) is 0 Å². The molecule has 0 bridgehead atoms. The van der Waals surface area contributed by atoms with Crippen molar-refractivity contribution in [3.63, 3.8) is 0 Å². The van der Waals surface area contributed by atoms with Crippen molar-refractivity contribution in [2.75, 3.05) is 49.3 Å². The molecule has 0 aromatic rings. The Kier molecular flexibility index (Phi) is 24.4. The van der Waals surface area contributed by atoms with E-state index in [1.54, 1.807) is 0 Å². The predicted molar refractivity (Wildman–Crippen MR) is 119 cm³/mol. The molecule has 0 fully saturated rings. The highest BCUT2D eigenvalue weighted by atomic mass is 79.9. The van der Waals surface area contributed by atoms with E-state index >= 15 is 0 Å². The Morgan fingerprint density at radius 2 is 0.548 bits per heavy atom. The van der Waals surface area contributed by atoms with Crippen molar-refractivity contribution in [2.24, 2.45) is 0 Å². The average Bonchev–Trinajstić information content (AvgIpc) is 2.75. The molecular formula is C21H30Br2N6P2. The summed E-state index contributed by atoms with van der Waals surface area (Å²) in [5, 5.41) is 54.5. The first-order chi connectivity index (χ1) is 14.1. The van der Waals surface area contributed by atoms with E-state index in [1.807, 2.05) is 0 Å². The van der Waals surface area contributed by atoms with Crippen LogP contribution in [0.1, 0.15) is 44.9 Å². The normalized spacial score (nSPS) is 9.87. The lowest BCUT2D eigenvalue weighted by atomic mass is 10.5. The lowest BCUT2D eigenvalue weighted by Crippen LogP contribution is -3.00. The van der Waals surface area contributed by atoms with Crippen molar-refractivity contribution < 1.29 is 34.0 Å². The van der Waals surface area contributed by atoms with Crippen molar-refractivity contribution in [1.29, 1.82) is 31.6 Å². The molecule has 0 N–H and O–H groups in total. The number of halogens is 2. The van der Waals surface area contributed by atoms with Gasteiger partial charge in [0.1, 0.15) is 0 Å². The van der Waals surface area contributed by atoms with Crippen LogP contribution in [0.25, 0.3) is 0 Å². The van der Waals surface area contributed by atoms with Crippen LogP contribution in [-0.2, 0) is 0 Å². The van der Waals surface area contributed by atoms with Crippen LogP contribution in [0.4, 0.5) is 0 Å². The van der Waals surface area contributed by atoms with Gasteiger partial charge in [-0.1, -0.05) is 0 Å². The minimum absolute atomic E-state index is 0. The molecule has 0 aromatic carbocycles. The van der Waals surface area contributed by atoms with Crippen molar-refractivity contribution in [2.45, 2.75) is 44.9 Å². The molecule has 0 amide bonds. The second kappa shape index (κ2) is 22.0. The summed E-state index contributed by atoms with van der Waals surface area (Å²) >= 11 is 0. The Bertz CT molecular complexity index is 581. The zero-order valence-electron chi connectivity index (χ0n) is 17.9. The van der Waals surface area contributed by atoms with Crippen molar-refractivity contribution in [3.8, 4) is 36.4 Å². The first kappa shape index (κ1) is 34.4. The van der Waals surface area contributed by atoms with E-state index in [1.165, 1.54) is 0 Å². The van der Waals surface area contributed by atoms with E-state index in [0.29, 0.717) is 38.5 Å². The number of nitriles is 6. The summed E-state index contributed by atoms with van der Waals surface area (Å²) in [4.78, 5) is 0. The van der Waals surface area contributed by atoms with Gasteiger partial charge >= 0.3 is 0 Å². The van der Waals surface area contributed by atoms with Crippen molar-refractivity contribution in [3.05, 3.63) is 0 Å². The van der Waals surface area contributed by atoms with Gasteiger partial charge in [0.05, 0.1) is 124 Å². The lowest BCUT2D eigenvalue weighted by Gasteiger charge is -2.29. The maximum atomic E-state index is 9.08. The third kappa shape index (κ3) is 15.2. The van der Waals surface area contributed by atoms with E-state index < -0.39 is 14.5 Å². The second-order valence-electron chi connectivity index (χ2n) is 7.27. The van der Waals surface area contributed by atoms with Crippen LogP contribution in [0.15, 0.2) is 0 Å². The Morgan fingerprint density at radius 1 is 0.355 bits per heavy atom. The van der Waals surface area contributed by atoms with Gasteiger partial charge in [-0.2, -0.15) is 31.6 Å². The molecule has 31 heavy (non-hydrogen) atoms. The highest BCUT2D eigenvalue weighted by Gasteiger charge is 2.40. The molecule has 168 valence electrons. The molecule has 0 atom stereocenters. The van der Waals surface area contributed by atoms with Crippen LogP contribution in [0, 0.1) is 68.0 Å². The molecule has 0 unspecified atom stereocenters. The molecule has 0 aliphatic rings. The van der Waals surface area contributed by atoms with Gasteiger partial charge in [-0.25, -0.2) is 0 Å². The molecule has 0 aliphatic heterocycles. The zero-order chi connectivity index (χ0) is 21.8. The van der Waals surface area contributed by atoms with E-state index in [9.17, 15) is 0 Å². The van der Waals surface area contributed by atoms with Crippen LogP contribution < -0.4 is 34.0 Å². The van der Waals surface area contributed by atoms with Gasteiger partial charge in [0, 0.05) is 20.9 Å². The first-order valence-corrected chi connectivity index (χ1v) is 15.1. The van der Waals surface area contributed by atoms with E-state index in [2.05, 4.69) is 36.4 Å². The molecule has 0 aromatic heterocycles. The van der Waals surface area contributed by atoms with E-state index in [4.69, 9.17) is 31.6 Å². The lowest BCUT2D eigenvalue weighted by molar-refractivity contribution is -0.001000. The number of hydrogen-bond acceptors (Lipinski definition) is 6. The largest absolute Gasteiger partial charge is 1.00 e. The molecule has 0 spiro atoms. The standard InChI is InChI=1S/C21H30N6P2.2BrH/c22-8-1-14-28(15-2-9-23,16-3-10-24)20-7-21-29(17-4-11-25,18-5-12-26)19-6-13-27;;/h1-7,14-21H2;2*1H/q+2;;/p-2. The first-order valence-electron chi connectivity index (χ1n) is 9.99. The molecule has 10 heteroatoms. The molecule has 0 aliphatic carbocycles. The third-order valence-corrected chi connectivity index (χ3v) is 15.0.